The molecule has 5 nitrogen and oxygen atoms in total. The van der Waals surface area contributed by atoms with E-state index in [4.69, 9.17) is 4.74 Å². The van der Waals surface area contributed by atoms with E-state index in [0.717, 1.165) is 48.4 Å². The van der Waals surface area contributed by atoms with Crippen molar-refractivity contribution >= 4 is 5.91 Å². The van der Waals surface area contributed by atoms with Gasteiger partial charge in [0.25, 0.3) is 0 Å². The van der Waals surface area contributed by atoms with Gasteiger partial charge in [-0.25, -0.2) is 0 Å². The van der Waals surface area contributed by atoms with Gasteiger partial charge >= 0.3 is 0 Å². The van der Waals surface area contributed by atoms with Crippen LogP contribution >= 0.6 is 0 Å². The molecule has 2 fully saturated rings. The quantitative estimate of drug-likeness (QED) is 0.919. The Bertz CT molecular complexity index is 805. The summed E-state index contributed by atoms with van der Waals surface area (Å²) in [6, 6.07) is 12.4. The summed E-state index contributed by atoms with van der Waals surface area (Å²) in [7, 11) is 1.89. The minimum absolute atomic E-state index is 0.132. The number of hydrogen-bond acceptors (Lipinski definition) is 4. The topological polar surface area (TPSA) is 54.5 Å². The van der Waals surface area contributed by atoms with Gasteiger partial charge in [0.2, 0.25) is 5.91 Å². The number of rotatable bonds is 4. The summed E-state index contributed by atoms with van der Waals surface area (Å²) in [5, 5.41) is 3.59. The van der Waals surface area contributed by atoms with Gasteiger partial charge in [-0.05, 0) is 61.6 Å². The lowest BCUT2D eigenvalue weighted by Crippen LogP contribution is -2.47. The highest BCUT2D eigenvalue weighted by atomic mass is 16.5. The molecule has 0 aliphatic carbocycles. The van der Waals surface area contributed by atoms with Gasteiger partial charge in [0.15, 0.2) is 0 Å². The van der Waals surface area contributed by atoms with Crippen molar-refractivity contribution in [2.24, 2.45) is 0 Å². The van der Waals surface area contributed by atoms with E-state index in [1.54, 1.807) is 0 Å². The molecule has 4 rings (SSSR count). The molecule has 1 unspecified atom stereocenters. The van der Waals surface area contributed by atoms with E-state index in [9.17, 15) is 4.79 Å². The number of nitrogens with one attached hydrogen (secondary N) is 1. The summed E-state index contributed by atoms with van der Waals surface area (Å²) in [5.41, 5.74) is 2.91. The van der Waals surface area contributed by atoms with Gasteiger partial charge in [-0.1, -0.05) is 12.1 Å². The van der Waals surface area contributed by atoms with Crippen LogP contribution in [-0.4, -0.2) is 41.5 Å². The first-order valence-corrected chi connectivity index (χ1v) is 9.34. The fourth-order valence-electron chi connectivity index (χ4n) is 4.12. The number of aromatic nitrogens is 1. The molecule has 0 radical (unpaired) electrons. The fourth-order valence-corrected chi connectivity index (χ4v) is 4.12. The molecular weight excluding hydrogens is 326 g/mol. The molecule has 2 saturated heterocycles. The lowest BCUT2D eigenvalue weighted by Gasteiger charge is -2.23. The monoisotopic (exact) mass is 351 g/mol. The van der Waals surface area contributed by atoms with Gasteiger partial charge < -0.3 is 9.64 Å². The first-order valence-electron chi connectivity index (χ1n) is 9.34. The van der Waals surface area contributed by atoms with Gasteiger partial charge in [0.05, 0.1) is 18.3 Å². The molecule has 5 heteroatoms. The molecule has 1 amide bonds. The molecule has 1 spiro atoms. The van der Waals surface area contributed by atoms with E-state index in [1.807, 2.05) is 43.3 Å². The number of carbonyl (C=O) groups is 1. The second-order valence-corrected chi connectivity index (χ2v) is 7.22. The molecular formula is C21H25N3O2. The van der Waals surface area contributed by atoms with Crippen molar-refractivity contribution in [2.75, 3.05) is 20.2 Å². The number of hydrogen-bond donors (Lipinski definition) is 1. The second kappa shape index (κ2) is 6.72. The predicted octanol–water partition coefficient (Wildman–Crippen LogP) is 3.17. The van der Waals surface area contributed by atoms with Crippen LogP contribution in [0.1, 0.15) is 37.9 Å². The number of ether oxygens (including phenoxy) is 1. The highest BCUT2D eigenvalue weighted by molar-refractivity contribution is 5.88. The maximum atomic E-state index is 12.5. The molecule has 1 aromatic heterocycles. The molecule has 0 bridgehead atoms. The Morgan fingerprint density at radius 2 is 2.04 bits per heavy atom. The average molecular weight is 351 g/mol. The largest absolute Gasteiger partial charge is 0.494 e. The van der Waals surface area contributed by atoms with E-state index in [0.29, 0.717) is 6.61 Å². The summed E-state index contributed by atoms with van der Waals surface area (Å²) in [6.07, 6.45) is 4.57. The lowest BCUT2D eigenvalue weighted by atomic mass is 9.96. The zero-order chi connectivity index (χ0) is 18.1. The number of pyridine rings is 1. The van der Waals surface area contributed by atoms with Crippen molar-refractivity contribution in [1.29, 1.82) is 0 Å². The van der Waals surface area contributed by atoms with Crippen LogP contribution in [0, 0.1) is 0 Å². The molecule has 2 aliphatic heterocycles. The average Bonchev–Trinajstić information content (AvgIpc) is 3.23. The van der Waals surface area contributed by atoms with Crippen molar-refractivity contribution in [3.8, 4) is 16.9 Å². The summed E-state index contributed by atoms with van der Waals surface area (Å²) in [4.78, 5) is 18.9. The van der Waals surface area contributed by atoms with Gasteiger partial charge in [0, 0.05) is 19.8 Å². The van der Waals surface area contributed by atoms with E-state index >= 15 is 0 Å². The van der Waals surface area contributed by atoms with Crippen molar-refractivity contribution in [3.05, 3.63) is 48.3 Å². The van der Waals surface area contributed by atoms with E-state index in [1.165, 1.54) is 0 Å². The second-order valence-electron chi connectivity index (χ2n) is 7.22. The van der Waals surface area contributed by atoms with Gasteiger partial charge in [0.1, 0.15) is 11.3 Å². The van der Waals surface area contributed by atoms with Crippen molar-refractivity contribution in [3.63, 3.8) is 0 Å². The van der Waals surface area contributed by atoms with Crippen LogP contribution in [0.4, 0.5) is 0 Å². The highest BCUT2D eigenvalue weighted by Gasteiger charge is 2.50. The van der Waals surface area contributed by atoms with Crippen LogP contribution in [0.15, 0.2) is 42.6 Å². The maximum absolute atomic E-state index is 12.5. The maximum Gasteiger partial charge on any atom is 0.242 e. The molecule has 2 aliphatic rings. The minimum Gasteiger partial charge on any atom is -0.494 e. The molecule has 136 valence electrons. The fraction of sp³-hybridized carbons (Fsp3) is 0.429. The molecule has 0 saturated carbocycles. The van der Waals surface area contributed by atoms with Crippen molar-refractivity contribution in [2.45, 2.75) is 37.8 Å². The first-order chi connectivity index (χ1) is 12.6. The molecule has 2 atom stereocenters. The molecule has 1 aromatic carbocycles. The number of nitrogens with zero attached hydrogens (tertiary/aromatic N) is 2. The van der Waals surface area contributed by atoms with Crippen LogP contribution in [0.5, 0.6) is 5.75 Å². The van der Waals surface area contributed by atoms with Gasteiger partial charge in [-0.3, -0.25) is 15.1 Å². The molecule has 26 heavy (non-hydrogen) atoms. The Labute approximate surface area is 154 Å². The Balaban J connectivity index is 1.54. The van der Waals surface area contributed by atoms with Crippen LogP contribution < -0.4 is 10.1 Å². The zero-order valence-corrected chi connectivity index (χ0v) is 15.4. The van der Waals surface area contributed by atoms with Crippen LogP contribution in [0.3, 0.4) is 0 Å². The number of likely N-dealkylation sites (tertiary alicyclic amines) is 1. The Morgan fingerprint density at radius 1 is 1.23 bits per heavy atom. The highest BCUT2D eigenvalue weighted by Crippen LogP contribution is 2.39. The Morgan fingerprint density at radius 3 is 2.73 bits per heavy atom. The normalized spacial score (nSPS) is 25.2. The third-order valence-electron chi connectivity index (χ3n) is 5.58. The minimum atomic E-state index is -0.379. The van der Waals surface area contributed by atoms with E-state index in [2.05, 4.69) is 28.5 Å². The SMILES string of the molecule is CCOc1ccc(-c2ccnc(C3CC[C@@]4(CCN(C)C4=O)N3)c2)cc1. The summed E-state index contributed by atoms with van der Waals surface area (Å²) in [5.74, 6) is 1.11. The Hall–Kier alpha value is -2.40. The summed E-state index contributed by atoms with van der Waals surface area (Å²) in [6.45, 7) is 3.48. The number of amides is 1. The van der Waals surface area contributed by atoms with Crippen molar-refractivity contribution < 1.29 is 9.53 Å². The third kappa shape index (κ3) is 2.97. The molecule has 2 aromatic rings. The Kier molecular flexibility index (Phi) is 4.41. The number of likely N-dealkylation sites (N-methyl/N-ethyl adjacent to an activating group) is 1. The standard InChI is InChI=1S/C21H25N3O2/c1-3-26-17-6-4-15(5-7-17)16-9-12-22-19(14-16)18-8-10-21(23-18)11-13-24(2)20(21)25/h4-7,9,12,14,18,23H,3,8,10-11,13H2,1-2H3/t18?,21-/m0/s1. The van der Waals surface area contributed by atoms with E-state index < -0.39 is 0 Å². The van der Waals surface area contributed by atoms with E-state index in [-0.39, 0.29) is 17.5 Å². The third-order valence-corrected chi connectivity index (χ3v) is 5.58. The number of carbonyl (C=O) groups excluding carboxylic acids is 1. The van der Waals surface area contributed by atoms with Gasteiger partial charge in [-0.2, -0.15) is 0 Å². The first kappa shape index (κ1) is 17.0. The van der Waals surface area contributed by atoms with Crippen LogP contribution in [0.2, 0.25) is 0 Å². The lowest BCUT2D eigenvalue weighted by molar-refractivity contribution is -0.131. The number of benzene rings is 1. The smallest absolute Gasteiger partial charge is 0.242 e. The summed E-state index contributed by atoms with van der Waals surface area (Å²) < 4.78 is 5.52. The van der Waals surface area contributed by atoms with Crippen LogP contribution in [-0.2, 0) is 4.79 Å². The van der Waals surface area contributed by atoms with Gasteiger partial charge in [-0.15, -0.1) is 0 Å². The molecule has 1 N–H and O–H groups in total. The zero-order valence-electron chi connectivity index (χ0n) is 15.4. The summed E-state index contributed by atoms with van der Waals surface area (Å²) >= 11 is 0. The van der Waals surface area contributed by atoms with Crippen molar-refractivity contribution in [1.82, 2.24) is 15.2 Å². The van der Waals surface area contributed by atoms with Crippen LogP contribution in [0.25, 0.3) is 11.1 Å². The molecule has 3 heterocycles. The predicted molar refractivity (Wildman–Crippen MR) is 101 cm³/mol.